The van der Waals surface area contributed by atoms with E-state index < -0.39 is 17.6 Å². The molecule has 0 bridgehead atoms. The van der Waals surface area contributed by atoms with Crippen LogP contribution in [0.3, 0.4) is 0 Å². The third kappa shape index (κ3) is 3.00. The first-order valence-corrected chi connectivity index (χ1v) is 7.31. The molecule has 0 spiro atoms. The molecule has 2 aliphatic heterocycles. The van der Waals surface area contributed by atoms with Crippen molar-refractivity contribution in [3.05, 3.63) is 29.6 Å². The molecule has 1 atom stereocenters. The molecule has 6 heteroatoms. The maximum absolute atomic E-state index is 13.4. The molecule has 0 N–H and O–H groups in total. The van der Waals surface area contributed by atoms with Crippen molar-refractivity contribution in [3.63, 3.8) is 0 Å². The number of alkyl halides is 3. The fourth-order valence-corrected chi connectivity index (χ4v) is 3.37. The van der Waals surface area contributed by atoms with Gasteiger partial charge in [-0.2, -0.15) is 13.2 Å². The first kappa shape index (κ1) is 14.6. The van der Waals surface area contributed by atoms with Crippen molar-refractivity contribution in [2.45, 2.75) is 31.5 Å². The number of nitrogens with zero attached hydrogens (tertiary/aromatic N) is 2. The summed E-state index contributed by atoms with van der Waals surface area (Å²) in [6.45, 7) is 3.52. The van der Waals surface area contributed by atoms with E-state index in [2.05, 4.69) is 4.90 Å². The van der Waals surface area contributed by atoms with Crippen LogP contribution in [0.15, 0.2) is 18.2 Å². The smallest absolute Gasteiger partial charge is 0.370 e. The normalized spacial score (nSPS) is 24.0. The summed E-state index contributed by atoms with van der Waals surface area (Å²) in [5.41, 5.74) is -0.704. The molecule has 1 aromatic carbocycles. The zero-order valence-corrected chi connectivity index (χ0v) is 11.7. The number of hydrogen-bond acceptors (Lipinski definition) is 2. The highest BCUT2D eigenvalue weighted by molar-refractivity contribution is 5.50. The Kier molecular flexibility index (Phi) is 3.82. The average molecular weight is 302 g/mol. The predicted molar refractivity (Wildman–Crippen MR) is 72.8 cm³/mol. The lowest BCUT2D eigenvalue weighted by molar-refractivity contribution is -0.139. The molecular formula is C15H18F4N2. The molecule has 0 amide bonds. The van der Waals surface area contributed by atoms with Crippen molar-refractivity contribution in [1.29, 1.82) is 0 Å². The monoisotopic (exact) mass is 302 g/mol. The predicted octanol–water partition coefficient (Wildman–Crippen LogP) is 3.52. The summed E-state index contributed by atoms with van der Waals surface area (Å²) in [5, 5.41) is 0. The van der Waals surface area contributed by atoms with Gasteiger partial charge in [-0.05, 0) is 44.0 Å². The van der Waals surface area contributed by atoms with Crippen LogP contribution < -0.4 is 4.90 Å². The maximum Gasteiger partial charge on any atom is 0.419 e. The van der Waals surface area contributed by atoms with Crippen molar-refractivity contribution in [1.82, 2.24) is 4.90 Å². The van der Waals surface area contributed by atoms with E-state index in [1.165, 1.54) is 6.07 Å². The quantitative estimate of drug-likeness (QED) is 0.732. The summed E-state index contributed by atoms with van der Waals surface area (Å²) in [4.78, 5) is 4.37. The Morgan fingerprint density at radius 2 is 1.81 bits per heavy atom. The zero-order valence-electron chi connectivity index (χ0n) is 11.7. The summed E-state index contributed by atoms with van der Waals surface area (Å²) in [6, 6.07) is 3.73. The maximum atomic E-state index is 13.4. The van der Waals surface area contributed by atoms with E-state index in [4.69, 9.17) is 0 Å². The highest BCUT2D eigenvalue weighted by Gasteiger charge is 2.35. The van der Waals surface area contributed by atoms with Crippen molar-refractivity contribution in [3.8, 4) is 0 Å². The standard InChI is InChI=1S/C15H18F4N2/c16-14-5-4-11(9-13(14)15(17,18)19)21-8-2-7-20-6-1-3-12(20)10-21/h4-5,9,12H,1-3,6-8,10H2. The topological polar surface area (TPSA) is 6.48 Å². The molecule has 2 saturated heterocycles. The number of halogens is 4. The molecule has 116 valence electrons. The molecule has 21 heavy (non-hydrogen) atoms. The van der Waals surface area contributed by atoms with Crippen LogP contribution in [-0.2, 0) is 6.18 Å². The van der Waals surface area contributed by atoms with Crippen LogP contribution in [0.5, 0.6) is 0 Å². The van der Waals surface area contributed by atoms with Gasteiger partial charge in [-0.3, -0.25) is 4.90 Å². The molecule has 2 fully saturated rings. The zero-order chi connectivity index (χ0) is 15.0. The summed E-state index contributed by atoms with van der Waals surface area (Å²) >= 11 is 0. The van der Waals surface area contributed by atoms with Gasteiger partial charge in [0.05, 0.1) is 5.56 Å². The number of fused-ring (bicyclic) bond motifs is 1. The van der Waals surface area contributed by atoms with Crippen LogP contribution in [-0.4, -0.2) is 37.1 Å². The van der Waals surface area contributed by atoms with Gasteiger partial charge in [0.25, 0.3) is 0 Å². The van der Waals surface area contributed by atoms with Crippen molar-refractivity contribution < 1.29 is 17.6 Å². The van der Waals surface area contributed by atoms with Gasteiger partial charge < -0.3 is 4.90 Å². The first-order chi connectivity index (χ1) is 9.95. The third-order valence-corrected chi connectivity index (χ3v) is 4.42. The summed E-state index contributed by atoms with van der Waals surface area (Å²) in [6.07, 6.45) is -1.49. The van der Waals surface area contributed by atoms with Crippen molar-refractivity contribution in [2.75, 3.05) is 31.1 Å². The van der Waals surface area contributed by atoms with E-state index in [-0.39, 0.29) is 0 Å². The molecular weight excluding hydrogens is 284 g/mol. The molecule has 2 aliphatic rings. The number of hydrogen-bond donors (Lipinski definition) is 0. The molecule has 3 rings (SSSR count). The largest absolute Gasteiger partial charge is 0.419 e. The Labute approximate surface area is 121 Å². The van der Waals surface area contributed by atoms with Crippen molar-refractivity contribution >= 4 is 5.69 Å². The number of anilines is 1. The Hall–Kier alpha value is -1.30. The number of benzene rings is 1. The second-order valence-corrected chi connectivity index (χ2v) is 5.79. The minimum atomic E-state index is -4.65. The Balaban J connectivity index is 1.86. The molecule has 2 heterocycles. The van der Waals surface area contributed by atoms with Gasteiger partial charge in [-0.1, -0.05) is 0 Å². The molecule has 2 nitrogen and oxygen atoms in total. The highest BCUT2D eigenvalue weighted by atomic mass is 19.4. The lowest BCUT2D eigenvalue weighted by atomic mass is 10.1. The SMILES string of the molecule is Fc1ccc(N2CCCN3CCCC3C2)cc1C(F)(F)F. The van der Waals surface area contributed by atoms with Crippen molar-refractivity contribution in [2.24, 2.45) is 0 Å². The van der Waals surface area contributed by atoms with E-state index in [1.54, 1.807) is 0 Å². The molecule has 1 aromatic rings. The minimum absolute atomic E-state index is 0.409. The second-order valence-electron chi connectivity index (χ2n) is 5.79. The first-order valence-electron chi connectivity index (χ1n) is 7.31. The average Bonchev–Trinajstić information content (AvgIpc) is 2.75. The van der Waals surface area contributed by atoms with Gasteiger partial charge in [0.2, 0.25) is 0 Å². The molecule has 1 unspecified atom stereocenters. The van der Waals surface area contributed by atoms with Crippen LogP contribution in [0.4, 0.5) is 23.2 Å². The van der Waals surface area contributed by atoms with Gasteiger partial charge in [-0.15, -0.1) is 0 Å². The Morgan fingerprint density at radius 3 is 2.57 bits per heavy atom. The van der Waals surface area contributed by atoms with Gasteiger partial charge >= 0.3 is 6.18 Å². The van der Waals surface area contributed by atoms with Crippen LogP contribution >= 0.6 is 0 Å². The molecule has 0 saturated carbocycles. The molecule has 0 aliphatic carbocycles. The highest BCUT2D eigenvalue weighted by Crippen LogP contribution is 2.34. The van der Waals surface area contributed by atoms with Gasteiger partial charge in [-0.25, -0.2) is 4.39 Å². The van der Waals surface area contributed by atoms with Gasteiger partial charge in [0, 0.05) is 31.4 Å². The van der Waals surface area contributed by atoms with E-state index in [0.717, 1.165) is 57.6 Å². The fraction of sp³-hybridized carbons (Fsp3) is 0.600. The van der Waals surface area contributed by atoms with Gasteiger partial charge in [0.15, 0.2) is 0 Å². The minimum Gasteiger partial charge on any atom is -0.370 e. The summed E-state index contributed by atoms with van der Waals surface area (Å²) < 4.78 is 51.9. The Bertz CT molecular complexity index is 515. The third-order valence-electron chi connectivity index (χ3n) is 4.42. The lowest BCUT2D eigenvalue weighted by Gasteiger charge is -2.28. The van der Waals surface area contributed by atoms with Crippen LogP contribution in [0.25, 0.3) is 0 Å². The fourth-order valence-electron chi connectivity index (χ4n) is 3.37. The van der Waals surface area contributed by atoms with Gasteiger partial charge in [0.1, 0.15) is 5.82 Å². The van der Waals surface area contributed by atoms with Crippen LogP contribution in [0.2, 0.25) is 0 Å². The Morgan fingerprint density at radius 1 is 1.05 bits per heavy atom. The van der Waals surface area contributed by atoms with E-state index in [1.807, 2.05) is 4.90 Å². The van der Waals surface area contributed by atoms with E-state index in [9.17, 15) is 17.6 Å². The van der Waals surface area contributed by atoms with E-state index >= 15 is 0 Å². The summed E-state index contributed by atoms with van der Waals surface area (Å²) in [7, 11) is 0. The second kappa shape index (κ2) is 5.48. The summed E-state index contributed by atoms with van der Waals surface area (Å²) in [5.74, 6) is -1.21. The lowest BCUT2D eigenvalue weighted by Crippen LogP contribution is -2.36. The van der Waals surface area contributed by atoms with Crippen LogP contribution in [0, 0.1) is 5.82 Å². The molecule has 0 aromatic heterocycles. The number of rotatable bonds is 1. The molecule has 0 radical (unpaired) electrons. The van der Waals surface area contributed by atoms with Crippen LogP contribution in [0.1, 0.15) is 24.8 Å². The van der Waals surface area contributed by atoms with E-state index in [0.29, 0.717) is 11.7 Å².